The maximum Gasteiger partial charge on any atom is 0.273 e. The number of nitrogens with one attached hydrogen (secondary N) is 1. The highest BCUT2D eigenvalue weighted by molar-refractivity contribution is 7.13. The van der Waals surface area contributed by atoms with Crippen molar-refractivity contribution in [1.29, 1.82) is 0 Å². The van der Waals surface area contributed by atoms with E-state index in [0.717, 1.165) is 61.4 Å². The molecule has 8 heteroatoms. The fraction of sp³-hybridized carbons (Fsp3) is 0.500. The number of thiazole rings is 1. The molecule has 0 spiro atoms. The minimum absolute atomic E-state index is 0. The van der Waals surface area contributed by atoms with Crippen molar-refractivity contribution in [1.82, 2.24) is 15.2 Å². The number of rotatable bonds is 2. The Kier molecular flexibility index (Phi) is 6.69. The maximum atomic E-state index is 12.7. The first-order valence-electron chi connectivity index (χ1n) is 7.79. The minimum atomic E-state index is 0. The number of furan rings is 1. The molecule has 0 saturated carbocycles. The van der Waals surface area contributed by atoms with Crippen LogP contribution in [0.2, 0.25) is 0 Å². The van der Waals surface area contributed by atoms with Crippen LogP contribution in [0, 0.1) is 11.8 Å². The zero-order valence-corrected chi connectivity index (χ0v) is 15.6. The molecule has 2 aliphatic heterocycles. The van der Waals surface area contributed by atoms with Gasteiger partial charge in [-0.1, -0.05) is 0 Å². The third-order valence-electron chi connectivity index (χ3n) is 4.80. The van der Waals surface area contributed by atoms with E-state index in [4.69, 9.17) is 4.42 Å². The number of carbonyl (C=O) groups is 1. The summed E-state index contributed by atoms with van der Waals surface area (Å²) in [6.07, 6.45) is 5.48. The van der Waals surface area contributed by atoms with Crippen molar-refractivity contribution < 1.29 is 9.21 Å². The van der Waals surface area contributed by atoms with Gasteiger partial charge in [0.1, 0.15) is 17.0 Å². The fourth-order valence-electron chi connectivity index (χ4n) is 3.47. The van der Waals surface area contributed by atoms with Crippen molar-refractivity contribution in [3.05, 3.63) is 29.7 Å². The largest absolute Gasteiger partial charge is 0.472 e. The third-order valence-corrected chi connectivity index (χ3v) is 5.69. The molecular formula is C16H21Cl2N3O2S. The summed E-state index contributed by atoms with van der Waals surface area (Å²) in [5, 5.41) is 6.16. The summed E-state index contributed by atoms with van der Waals surface area (Å²) < 4.78 is 5.08. The quantitative estimate of drug-likeness (QED) is 0.855. The summed E-state index contributed by atoms with van der Waals surface area (Å²) in [6, 6.07) is 1.87. The van der Waals surface area contributed by atoms with Crippen LogP contribution in [-0.2, 0) is 0 Å². The highest BCUT2D eigenvalue weighted by Crippen LogP contribution is 2.29. The van der Waals surface area contributed by atoms with E-state index < -0.39 is 0 Å². The van der Waals surface area contributed by atoms with Gasteiger partial charge in [0.05, 0.1) is 6.26 Å². The van der Waals surface area contributed by atoms with Gasteiger partial charge in [0, 0.05) is 24.0 Å². The molecule has 1 amide bonds. The van der Waals surface area contributed by atoms with Gasteiger partial charge in [0.25, 0.3) is 5.91 Å². The first kappa shape index (κ1) is 19.2. The molecule has 0 unspecified atom stereocenters. The van der Waals surface area contributed by atoms with Crippen molar-refractivity contribution in [2.24, 2.45) is 11.8 Å². The summed E-state index contributed by atoms with van der Waals surface area (Å²) in [4.78, 5) is 19.2. The highest BCUT2D eigenvalue weighted by atomic mass is 35.5. The standard InChI is InChI=1S/C16H19N3O2S.2ClH/c20-16(14-10-22-15(18-14)13-3-6-21-9-13)19-4-1-11-7-17-8-12(11)2-5-19;;/h3,6,9-12,17H,1-2,4-5,7-8H2;2*1H/t11-,12+;;. The molecule has 0 radical (unpaired) electrons. The Balaban J connectivity index is 0.00000104. The molecule has 4 heterocycles. The molecule has 2 aromatic heterocycles. The van der Waals surface area contributed by atoms with Gasteiger partial charge in [0.15, 0.2) is 0 Å². The molecule has 132 valence electrons. The van der Waals surface area contributed by atoms with E-state index in [1.165, 1.54) is 11.3 Å². The summed E-state index contributed by atoms with van der Waals surface area (Å²) in [7, 11) is 0. The average molecular weight is 390 g/mol. The first-order chi connectivity index (χ1) is 10.8. The van der Waals surface area contributed by atoms with Gasteiger partial charge in [-0.15, -0.1) is 36.2 Å². The molecule has 0 aliphatic carbocycles. The van der Waals surface area contributed by atoms with E-state index >= 15 is 0 Å². The molecule has 5 nitrogen and oxygen atoms in total. The first-order valence-corrected chi connectivity index (χ1v) is 8.67. The summed E-state index contributed by atoms with van der Waals surface area (Å²) in [6.45, 7) is 3.91. The molecule has 2 atom stereocenters. The maximum absolute atomic E-state index is 12.7. The van der Waals surface area contributed by atoms with Crippen molar-refractivity contribution in [2.75, 3.05) is 26.2 Å². The zero-order valence-electron chi connectivity index (χ0n) is 13.1. The van der Waals surface area contributed by atoms with E-state index in [1.54, 1.807) is 12.5 Å². The second-order valence-corrected chi connectivity index (χ2v) is 6.96. The lowest BCUT2D eigenvalue weighted by Crippen LogP contribution is -2.33. The van der Waals surface area contributed by atoms with Crippen LogP contribution in [0.3, 0.4) is 0 Å². The number of carbonyl (C=O) groups excluding carboxylic acids is 1. The van der Waals surface area contributed by atoms with E-state index in [0.29, 0.717) is 5.69 Å². The van der Waals surface area contributed by atoms with Gasteiger partial charge in [0.2, 0.25) is 0 Å². The lowest BCUT2D eigenvalue weighted by atomic mass is 9.92. The molecule has 2 aromatic rings. The van der Waals surface area contributed by atoms with Crippen molar-refractivity contribution in [3.8, 4) is 10.6 Å². The Morgan fingerprint density at radius 1 is 1.25 bits per heavy atom. The number of amides is 1. The molecule has 24 heavy (non-hydrogen) atoms. The minimum Gasteiger partial charge on any atom is -0.472 e. The summed E-state index contributed by atoms with van der Waals surface area (Å²) in [5.41, 5.74) is 1.49. The SMILES string of the molecule is Cl.Cl.O=C(c1csc(-c2ccoc2)n1)N1CC[C@@H]2CNC[C@@H]2CC1. The third kappa shape index (κ3) is 3.77. The van der Waals surface area contributed by atoms with Gasteiger partial charge < -0.3 is 14.6 Å². The predicted molar refractivity (Wildman–Crippen MR) is 99.3 cm³/mol. The lowest BCUT2D eigenvalue weighted by molar-refractivity contribution is 0.0753. The number of hydrogen-bond acceptors (Lipinski definition) is 5. The van der Waals surface area contributed by atoms with Gasteiger partial charge in [-0.3, -0.25) is 4.79 Å². The summed E-state index contributed by atoms with van der Waals surface area (Å²) in [5.74, 6) is 1.53. The molecule has 2 aliphatic rings. The van der Waals surface area contributed by atoms with Crippen LogP contribution >= 0.6 is 36.2 Å². The van der Waals surface area contributed by atoms with Crippen LogP contribution in [0.5, 0.6) is 0 Å². The summed E-state index contributed by atoms with van der Waals surface area (Å²) >= 11 is 1.49. The Bertz CT molecular complexity index is 648. The Morgan fingerprint density at radius 3 is 2.58 bits per heavy atom. The Hall–Kier alpha value is -1.08. The fourth-order valence-corrected chi connectivity index (χ4v) is 4.25. The van der Waals surface area contributed by atoms with Crippen molar-refractivity contribution in [3.63, 3.8) is 0 Å². The monoisotopic (exact) mass is 389 g/mol. The van der Waals surface area contributed by atoms with Crippen LogP contribution in [0.25, 0.3) is 10.6 Å². The molecule has 0 aromatic carbocycles. The van der Waals surface area contributed by atoms with Gasteiger partial charge in [-0.25, -0.2) is 4.98 Å². The average Bonchev–Trinajstić information content (AvgIpc) is 3.26. The van der Waals surface area contributed by atoms with Gasteiger partial charge in [-0.2, -0.15) is 0 Å². The molecule has 0 bridgehead atoms. The lowest BCUT2D eigenvalue weighted by Gasteiger charge is -2.19. The van der Waals surface area contributed by atoms with Gasteiger partial charge >= 0.3 is 0 Å². The molecular weight excluding hydrogens is 369 g/mol. The Labute approximate surface area is 157 Å². The molecule has 2 saturated heterocycles. The highest BCUT2D eigenvalue weighted by Gasteiger charge is 2.32. The number of fused-ring (bicyclic) bond motifs is 1. The number of nitrogens with zero attached hydrogens (tertiary/aromatic N) is 2. The topological polar surface area (TPSA) is 58.4 Å². The van der Waals surface area contributed by atoms with Crippen LogP contribution in [0.15, 0.2) is 28.4 Å². The van der Waals surface area contributed by atoms with E-state index in [9.17, 15) is 4.79 Å². The van der Waals surface area contributed by atoms with E-state index in [1.807, 2.05) is 16.3 Å². The number of aromatic nitrogens is 1. The number of likely N-dealkylation sites (tertiary alicyclic amines) is 1. The number of halogens is 2. The second kappa shape index (κ2) is 8.34. The van der Waals surface area contributed by atoms with Crippen molar-refractivity contribution in [2.45, 2.75) is 12.8 Å². The van der Waals surface area contributed by atoms with Crippen LogP contribution < -0.4 is 5.32 Å². The molecule has 1 N–H and O–H groups in total. The Morgan fingerprint density at radius 2 is 1.96 bits per heavy atom. The van der Waals surface area contributed by atoms with Crippen LogP contribution in [-0.4, -0.2) is 42.0 Å². The molecule has 2 fully saturated rings. The van der Waals surface area contributed by atoms with E-state index in [-0.39, 0.29) is 30.7 Å². The smallest absolute Gasteiger partial charge is 0.273 e. The number of hydrogen-bond donors (Lipinski definition) is 1. The normalized spacial score (nSPS) is 22.9. The predicted octanol–water partition coefficient (Wildman–Crippen LogP) is 3.32. The second-order valence-electron chi connectivity index (χ2n) is 6.10. The van der Waals surface area contributed by atoms with Crippen LogP contribution in [0.1, 0.15) is 23.3 Å². The van der Waals surface area contributed by atoms with Crippen molar-refractivity contribution >= 4 is 42.1 Å². The van der Waals surface area contributed by atoms with E-state index in [2.05, 4.69) is 10.3 Å². The van der Waals surface area contributed by atoms with Gasteiger partial charge in [-0.05, 0) is 43.8 Å². The van der Waals surface area contributed by atoms with Crippen LogP contribution in [0.4, 0.5) is 0 Å². The molecule has 4 rings (SSSR count). The zero-order chi connectivity index (χ0) is 14.9.